The lowest BCUT2D eigenvalue weighted by Gasteiger charge is -2.17. The number of aromatic nitrogens is 1. The van der Waals surface area contributed by atoms with Gasteiger partial charge in [0, 0.05) is 29.8 Å². The van der Waals surface area contributed by atoms with Gasteiger partial charge in [-0.1, -0.05) is 25.1 Å². The molecule has 0 saturated carbocycles. The number of para-hydroxylation sites is 1. The van der Waals surface area contributed by atoms with Crippen molar-refractivity contribution in [2.24, 2.45) is 0 Å². The first-order valence-corrected chi connectivity index (χ1v) is 7.66. The van der Waals surface area contributed by atoms with E-state index in [1.165, 1.54) is 16.8 Å². The van der Waals surface area contributed by atoms with Crippen LogP contribution in [0.3, 0.4) is 0 Å². The maximum Gasteiger partial charge on any atom is 0.216 e. The van der Waals surface area contributed by atoms with E-state index in [9.17, 15) is 0 Å². The van der Waals surface area contributed by atoms with Crippen molar-refractivity contribution >= 4 is 5.69 Å². The largest absolute Gasteiger partial charge is 0.496 e. The van der Waals surface area contributed by atoms with Gasteiger partial charge in [0.25, 0.3) is 0 Å². The Kier molecular flexibility index (Phi) is 3.92. The quantitative estimate of drug-likeness (QED) is 0.936. The van der Waals surface area contributed by atoms with Gasteiger partial charge in [-0.3, -0.25) is 0 Å². The smallest absolute Gasteiger partial charge is 0.216 e. The number of nitrogens with one attached hydrogen (secondary N) is 1. The number of fused-ring (bicyclic) bond motifs is 1. The number of benzene rings is 1. The molecule has 1 N–H and O–H groups in total. The molecule has 0 radical (unpaired) electrons. The first-order chi connectivity index (χ1) is 10.7. The van der Waals surface area contributed by atoms with Crippen LogP contribution in [0.5, 0.6) is 11.6 Å². The molecule has 0 amide bonds. The van der Waals surface area contributed by atoms with Crippen LogP contribution in [0.4, 0.5) is 5.69 Å². The Bertz CT molecular complexity index is 663. The Morgan fingerprint density at radius 3 is 2.68 bits per heavy atom. The minimum absolute atomic E-state index is 0.200. The van der Waals surface area contributed by atoms with Crippen LogP contribution in [-0.4, -0.2) is 25.2 Å². The highest BCUT2D eigenvalue weighted by molar-refractivity contribution is 5.66. The minimum atomic E-state index is 0.200. The molecule has 1 aliphatic rings. The van der Waals surface area contributed by atoms with E-state index in [0.29, 0.717) is 5.88 Å². The summed E-state index contributed by atoms with van der Waals surface area (Å²) in [5.41, 5.74) is 4.88. The number of hydrogen-bond donors (Lipinski definition) is 1. The zero-order chi connectivity index (χ0) is 15.7. The van der Waals surface area contributed by atoms with Gasteiger partial charge in [-0.25, -0.2) is 4.98 Å². The lowest BCUT2D eigenvalue weighted by atomic mass is 9.91. The third-order valence-corrected chi connectivity index (χ3v) is 4.33. The van der Waals surface area contributed by atoms with Crippen LogP contribution in [0.15, 0.2) is 30.3 Å². The molecule has 1 aromatic heterocycles. The molecule has 3 rings (SSSR count). The number of hydrogen-bond acceptors (Lipinski definition) is 4. The van der Waals surface area contributed by atoms with E-state index in [-0.39, 0.29) is 12.0 Å². The topological polar surface area (TPSA) is 43.4 Å². The highest BCUT2D eigenvalue weighted by atomic mass is 16.5. The van der Waals surface area contributed by atoms with E-state index in [1.54, 1.807) is 20.3 Å². The first-order valence-electron chi connectivity index (χ1n) is 7.66. The molecule has 2 heterocycles. The molecule has 0 spiro atoms. The second kappa shape index (κ2) is 5.87. The van der Waals surface area contributed by atoms with E-state index >= 15 is 0 Å². The van der Waals surface area contributed by atoms with Gasteiger partial charge >= 0.3 is 0 Å². The van der Waals surface area contributed by atoms with Gasteiger partial charge < -0.3 is 14.8 Å². The number of nitrogens with zero attached hydrogens (tertiary/aromatic N) is 1. The predicted molar refractivity (Wildman–Crippen MR) is 88.1 cm³/mol. The van der Waals surface area contributed by atoms with Crippen molar-refractivity contribution in [2.45, 2.75) is 32.2 Å². The molecular weight excluding hydrogens is 276 g/mol. The van der Waals surface area contributed by atoms with Gasteiger partial charge in [-0.2, -0.15) is 0 Å². The highest BCUT2D eigenvalue weighted by Gasteiger charge is 2.33. The third-order valence-electron chi connectivity index (χ3n) is 4.33. The first kappa shape index (κ1) is 14.7. The van der Waals surface area contributed by atoms with E-state index in [0.717, 1.165) is 17.9 Å². The molecule has 2 aromatic rings. The molecule has 0 aliphatic carbocycles. The van der Waals surface area contributed by atoms with Crippen molar-refractivity contribution < 1.29 is 9.47 Å². The predicted octanol–water partition coefficient (Wildman–Crippen LogP) is 3.61. The van der Waals surface area contributed by atoms with Crippen molar-refractivity contribution in [3.8, 4) is 11.6 Å². The summed E-state index contributed by atoms with van der Waals surface area (Å²) in [6, 6.07) is 10.6. The fourth-order valence-corrected chi connectivity index (χ4v) is 3.23. The fourth-order valence-electron chi connectivity index (χ4n) is 3.23. The molecule has 0 saturated heterocycles. The van der Waals surface area contributed by atoms with Crippen LogP contribution < -0.4 is 14.8 Å². The van der Waals surface area contributed by atoms with Crippen molar-refractivity contribution in [3.05, 3.63) is 47.2 Å². The molecule has 1 aromatic carbocycles. The Balaban J connectivity index is 2.10. The number of aryl methyl sites for hydroxylation is 1. The summed E-state index contributed by atoms with van der Waals surface area (Å²) in [6.07, 6.45) is 1.02. The lowest BCUT2D eigenvalue weighted by Crippen LogP contribution is -2.18. The average Bonchev–Trinajstić information content (AvgIpc) is 2.89. The van der Waals surface area contributed by atoms with Gasteiger partial charge in [0.15, 0.2) is 0 Å². The Labute approximate surface area is 131 Å². The van der Waals surface area contributed by atoms with Gasteiger partial charge in [0.05, 0.1) is 19.9 Å². The van der Waals surface area contributed by atoms with Crippen LogP contribution in [-0.2, 0) is 6.42 Å². The maximum atomic E-state index is 5.38. The van der Waals surface area contributed by atoms with Gasteiger partial charge in [0.2, 0.25) is 5.88 Å². The summed E-state index contributed by atoms with van der Waals surface area (Å²) in [7, 11) is 3.29. The Morgan fingerprint density at radius 1 is 1.18 bits per heavy atom. The van der Waals surface area contributed by atoms with Crippen molar-refractivity contribution in [3.63, 3.8) is 0 Å². The van der Waals surface area contributed by atoms with Crippen molar-refractivity contribution in [2.75, 3.05) is 19.5 Å². The molecule has 22 heavy (non-hydrogen) atoms. The molecule has 2 unspecified atom stereocenters. The van der Waals surface area contributed by atoms with Gasteiger partial charge in [0.1, 0.15) is 5.75 Å². The normalized spacial score (nSPS) is 19.5. The number of anilines is 1. The second-order valence-corrected chi connectivity index (χ2v) is 5.62. The minimum Gasteiger partial charge on any atom is -0.496 e. The summed E-state index contributed by atoms with van der Waals surface area (Å²) < 4.78 is 10.7. The van der Waals surface area contributed by atoms with Crippen LogP contribution in [0.2, 0.25) is 0 Å². The second-order valence-electron chi connectivity index (χ2n) is 5.62. The summed E-state index contributed by atoms with van der Waals surface area (Å²) in [6.45, 7) is 4.37. The number of ether oxygens (including phenoxy) is 2. The average molecular weight is 298 g/mol. The summed E-state index contributed by atoms with van der Waals surface area (Å²) in [5, 5.41) is 3.62. The van der Waals surface area contributed by atoms with E-state index in [2.05, 4.69) is 42.3 Å². The third kappa shape index (κ3) is 2.39. The van der Waals surface area contributed by atoms with Gasteiger partial charge in [-0.05, 0) is 24.5 Å². The molecule has 1 aliphatic heterocycles. The zero-order valence-corrected chi connectivity index (χ0v) is 13.5. The van der Waals surface area contributed by atoms with Crippen LogP contribution in [0.1, 0.15) is 36.6 Å². The number of pyridine rings is 1. The lowest BCUT2D eigenvalue weighted by molar-refractivity contribution is 0.379. The highest BCUT2D eigenvalue weighted by Crippen LogP contribution is 2.42. The monoisotopic (exact) mass is 298 g/mol. The molecule has 0 bridgehead atoms. The summed E-state index contributed by atoms with van der Waals surface area (Å²) in [5.74, 6) is 1.56. The molecule has 4 heteroatoms. The van der Waals surface area contributed by atoms with Crippen LogP contribution >= 0.6 is 0 Å². The summed E-state index contributed by atoms with van der Waals surface area (Å²) >= 11 is 0. The molecular formula is C18H22N2O2. The van der Waals surface area contributed by atoms with E-state index < -0.39 is 0 Å². The fraction of sp³-hybridized carbons (Fsp3) is 0.389. The number of methoxy groups -OCH3 is 2. The van der Waals surface area contributed by atoms with E-state index in [1.807, 2.05) is 6.07 Å². The zero-order valence-electron chi connectivity index (χ0n) is 13.5. The molecule has 116 valence electrons. The standard InChI is InChI=1S/C18H22N2O2/c1-5-12-7-6-8-14-17(11(2)19-18(12)14)15-9-13(21-3)10-16(20-15)22-4/h6-11,17,19H,5H2,1-4H3. The van der Waals surface area contributed by atoms with Crippen LogP contribution in [0.25, 0.3) is 0 Å². The maximum absolute atomic E-state index is 5.38. The van der Waals surface area contributed by atoms with Crippen molar-refractivity contribution in [1.29, 1.82) is 0 Å². The Morgan fingerprint density at radius 2 is 2.00 bits per heavy atom. The SMILES string of the molecule is CCc1cccc2c1NC(C)C2c1cc(OC)cc(OC)n1. The van der Waals surface area contributed by atoms with E-state index in [4.69, 9.17) is 9.47 Å². The van der Waals surface area contributed by atoms with Crippen molar-refractivity contribution in [1.82, 2.24) is 4.98 Å². The Hall–Kier alpha value is -2.23. The molecule has 0 fully saturated rings. The number of rotatable bonds is 4. The van der Waals surface area contributed by atoms with Crippen LogP contribution in [0, 0.1) is 0 Å². The summed E-state index contributed by atoms with van der Waals surface area (Å²) in [4.78, 5) is 4.64. The molecule has 2 atom stereocenters. The van der Waals surface area contributed by atoms with Gasteiger partial charge in [-0.15, -0.1) is 0 Å². The molecule has 4 nitrogen and oxygen atoms in total.